The monoisotopic (exact) mass is 574 g/mol. The summed E-state index contributed by atoms with van der Waals surface area (Å²) in [6.07, 6.45) is 3.28. The summed E-state index contributed by atoms with van der Waals surface area (Å²) in [7, 11) is -2.29. The zero-order valence-corrected chi connectivity index (χ0v) is 23.0. The minimum absolute atomic E-state index is 0.0218. The fourth-order valence-electron chi connectivity index (χ4n) is 5.31. The van der Waals surface area contributed by atoms with Crippen LogP contribution in [0.5, 0.6) is 5.88 Å². The second-order valence-corrected chi connectivity index (χ2v) is 12.8. The van der Waals surface area contributed by atoms with Crippen LogP contribution in [0.15, 0.2) is 41.3 Å². The van der Waals surface area contributed by atoms with E-state index in [1.54, 1.807) is 24.3 Å². The Balaban J connectivity index is 1.34. The van der Waals surface area contributed by atoms with Gasteiger partial charge in [-0.2, -0.15) is 4.31 Å². The molecule has 1 saturated carbocycles. The number of rotatable bonds is 9. The number of hydrogen-bond donors (Lipinski definition) is 2. The van der Waals surface area contributed by atoms with Crippen molar-refractivity contribution in [1.29, 1.82) is 0 Å². The minimum atomic E-state index is -3.83. The number of pyridine rings is 1. The van der Waals surface area contributed by atoms with Gasteiger partial charge < -0.3 is 19.9 Å². The van der Waals surface area contributed by atoms with E-state index in [1.165, 1.54) is 34.9 Å². The molecule has 39 heavy (non-hydrogen) atoms. The van der Waals surface area contributed by atoms with Crippen LogP contribution in [0.25, 0.3) is 10.3 Å². The third-order valence-corrected chi connectivity index (χ3v) is 10.1. The summed E-state index contributed by atoms with van der Waals surface area (Å²) in [4.78, 5) is 34.0. The molecule has 2 atom stereocenters. The highest BCUT2D eigenvalue weighted by molar-refractivity contribution is 7.89. The average Bonchev–Trinajstić information content (AvgIpc) is 3.68. The molecule has 1 amide bonds. The Hall–Kier alpha value is -3.29. The molecule has 0 bridgehead atoms. The molecule has 2 aliphatic rings. The summed E-state index contributed by atoms with van der Waals surface area (Å²) in [6.45, 7) is 0.156. The maximum atomic E-state index is 13.5. The first kappa shape index (κ1) is 27.3. The van der Waals surface area contributed by atoms with Gasteiger partial charge in [-0.15, -0.1) is 0 Å². The predicted molar refractivity (Wildman–Crippen MR) is 145 cm³/mol. The Bertz CT molecular complexity index is 1450. The maximum absolute atomic E-state index is 13.5. The number of thiazole rings is 1. The van der Waals surface area contributed by atoms with Crippen LogP contribution in [0.2, 0.25) is 0 Å². The van der Waals surface area contributed by atoms with Crippen LogP contribution < -0.4 is 10.1 Å². The number of fused-ring (bicyclic) bond motifs is 1. The molecule has 11 nitrogen and oxygen atoms in total. The quantitative estimate of drug-likeness (QED) is 0.353. The van der Waals surface area contributed by atoms with Gasteiger partial charge in [-0.25, -0.2) is 23.2 Å². The third-order valence-electron chi connectivity index (χ3n) is 7.32. The second-order valence-electron chi connectivity index (χ2n) is 9.85. The Labute approximate surface area is 230 Å². The van der Waals surface area contributed by atoms with Crippen molar-refractivity contribution in [3.8, 4) is 5.88 Å². The number of hydrogen-bond acceptors (Lipinski definition) is 9. The van der Waals surface area contributed by atoms with Crippen molar-refractivity contribution >= 4 is 48.9 Å². The fourth-order valence-corrected chi connectivity index (χ4v) is 7.63. The molecule has 2 N–H and O–H groups in total. The number of benzene rings is 1. The van der Waals surface area contributed by atoms with E-state index in [-0.39, 0.29) is 23.9 Å². The van der Waals surface area contributed by atoms with Crippen LogP contribution in [-0.2, 0) is 19.6 Å². The van der Waals surface area contributed by atoms with Gasteiger partial charge in [0, 0.05) is 12.6 Å². The van der Waals surface area contributed by atoms with Crippen LogP contribution in [-0.4, -0.2) is 66.2 Å². The van der Waals surface area contributed by atoms with Gasteiger partial charge >= 0.3 is 6.16 Å². The van der Waals surface area contributed by atoms with Crippen LogP contribution in [0, 0.1) is 5.92 Å². The Morgan fingerprint density at radius 3 is 2.56 bits per heavy atom. The Kier molecular flexibility index (Phi) is 8.01. The largest absolute Gasteiger partial charge is 0.506 e. The first-order valence-corrected chi connectivity index (χ1v) is 15.1. The van der Waals surface area contributed by atoms with Gasteiger partial charge in [0.2, 0.25) is 21.8 Å². The van der Waals surface area contributed by atoms with Gasteiger partial charge in [0.25, 0.3) is 0 Å². The lowest BCUT2D eigenvalue weighted by Crippen LogP contribution is -2.30. The van der Waals surface area contributed by atoms with Crippen LogP contribution in [0.4, 0.5) is 9.93 Å². The molecule has 3 aromatic rings. The van der Waals surface area contributed by atoms with Gasteiger partial charge in [-0.1, -0.05) is 49.2 Å². The smallest absolute Gasteiger partial charge is 0.481 e. The van der Waals surface area contributed by atoms with E-state index in [2.05, 4.69) is 15.3 Å². The number of aromatic nitrogens is 2. The van der Waals surface area contributed by atoms with Crippen molar-refractivity contribution in [2.45, 2.75) is 55.4 Å². The molecule has 1 aliphatic carbocycles. The third kappa shape index (κ3) is 6.15. The summed E-state index contributed by atoms with van der Waals surface area (Å²) >= 11 is 1.27. The molecule has 2 fully saturated rings. The van der Waals surface area contributed by atoms with Crippen molar-refractivity contribution in [2.24, 2.45) is 5.92 Å². The molecule has 5 rings (SSSR count). The van der Waals surface area contributed by atoms with Crippen LogP contribution >= 0.6 is 11.3 Å². The van der Waals surface area contributed by atoms with Crippen LogP contribution in [0.1, 0.15) is 50.0 Å². The maximum Gasteiger partial charge on any atom is 0.506 e. The summed E-state index contributed by atoms with van der Waals surface area (Å²) in [6, 6.07) is 9.92. The highest BCUT2D eigenvalue weighted by atomic mass is 32.2. The molecule has 0 radical (unpaired) electrons. The lowest BCUT2D eigenvalue weighted by molar-refractivity contribution is -0.118. The fraction of sp³-hybridized carbons (Fsp3) is 0.462. The number of ether oxygens (including phenoxy) is 2. The standard InChI is InChI=1S/C26H30N4O7S2/c1-36-22-11-10-21-24(28-22)38-25(27-21)29-23(31)20(14-16-4-2-3-5-16)17-6-8-19(9-7-17)39(34,35)30-13-12-18(15-30)37-26(32)33/h6-11,16,18,20H,2-5,12-15H2,1H3,(H,32,33)(H,27,29,31)/t18?,20-/m1/s1. The minimum Gasteiger partial charge on any atom is -0.481 e. The predicted octanol–water partition coefficient (Wildman–Crippen LogP) is 4.46. The van der Waals surface area contributed by atoms with E-state index in [0.29, 0.717) is 40.1 Å². The summed E-state index contributed by atoms with van der Waals surface area (Å²) in [5.41, 5.74) is 1.39. The van der Waals surface area contributed by atoms with E-state index in [4.69, 9.17) is 14.6 Å². The lowest BCUT2D eigenvalue weighted by Gasteiger charge is -2.21. The molecule has 208 valence electrons. The number of sulfonamides is 1. The Morgan fingerprint density at radius 2 is 1.87 bits per heavy atom. The van der Waals surface area contributed by atoms with E-state index in [0.717, 1.165) is 31.2 Å². The summed E-state index contributed by atoms with van der Waals surface area (Å²) in [5, 5.41) is 12.2. The van der Waals surface area contributed by atoms with Gasteiger partial charge in [-0.3, -0.25) is 4.79 Å². The van der Waals surface area contributed by atoms with Crippen molar-refractivity contribution in [3.63, 3.8) is 0 Å². The molecule has 1 aromatic carbocycles. The highest BCUT2D eigenvalue weighted by Crippen LogP contribution is 2.36. The molecular formula is C26H30N4O7S2. The van der Waals surface area contributed by atoms with Crippen molar-refractivity contribution < 1.29 is 32.6 Å². The molecule has 13 heteroatoms. The first-order chi connectivity index (χ1) is 18.7. The first-order valence-electron chi connectivity index (χ1n) is 12.8. The molecule has 3 heterocycles. The Morgan fingerprint density at radius 1 is 1.13 bits per heavy atom. The number of methoxy groups -OCH3 is 1. The molecule has 1 unspecified atom stereocenters. The van der Waals surface area contributed by atoms with Crippen molar-refractivity contribution in [2.75, 3.05) is 25.5 Å². The zero-order valence-electron chi connectivity index (χ0n) is 21.4. The number of nitrogens with one attached hydrogen (secondary N) is 1. The van der Waals surface area contributed by atoms with Gasteiger partial charge in [-0.05, 0) is 42.5 Å². The van der Waals surface area contributed by atoms with Gasteiger partial charge in [0.1, 0.15) is 16.5 Å². The average molecular weight is 575 g/mol. The van der Waals surface area contributed by atoms with Crippen molar-refractivity contribution in [3.05, 3.63) is 42.0 Å². The molecule has 0 spiro atoms. The molecule has 1 saturated heterocycles. The number of carboxylic acid groups (broad SMARTS) is 1. The zero-order chi connectivity index (χ0) is 27.6. The number of amides is 1. The number of nitrogens with zero attached hydrogens (tertiary/aromatic N) is 3. The molecular weight excluding hydrogens is 544 g/mol. The molecule has 2 aromatic heterocycles. The SMILES string of the molecule is COc1ccc2nc(NC(=O)[C@H](CC3CCCC3)c3ccc(S(=O)(=O)N4CCC(OC(=O)O)C4)cc3)sc2n1. The lowest BCUT2D eigenvalue weighted by atomic mass is 9.87. The second kappa shape index (κ2) is 11.4. The van der Waals surface area contributed by atoms with E-state index in [9.17, 15) is 18.0 Å². The summed E-state index contributed by atoms with van der Waals surface area (Å²) < 4.78 is 37.5. The topological polar surface area (TPSA) is 148 Å². The number of carbonyl (C=O) groups is 2. The number of carbonyl (C=O) groups excluding carboxylic acids is 1. The normalized spacial score (nSPS) is 19.3. The number of anilines is 1. The van der Waals surface area contributed by atoms with E-state index >= 15 is 0 Å². The van der Waals surface area contributed by atoms with Crippen LogP contribution in [0.3, 0.4) is 0 Å². The van der Waals surface area contributed by atoms with Gasteiger partial charge in [0.15, 0.2) is 5.13 Å². The van der Waals surface area contributed by atoms with E-state index in [1.807, 2.05) is 0 Å². The molecule has 1 aliphatic heterocycles. The summed E-state index contributed by atoms with van der Waals surface area (Å²) in [5.74, 6) is 0.217. The highest BCUT2D eigenvalue weighted by Gasteiger charge is 2.35. The van der Waals surface area contributed by atoms with Crippen molar-refractivity contribution in [1.82, 2.24) is 14.3 Å². The van der Waals surface area contributed by atoms with E-state index < -0.39 is 28.2 Å². The van der Waals surface area contributed by atoms with Gasteiger partial charge in [0.05, 0.1) is 24.5 Å².